The molecule has 0 N–H and O–H groups in total. The van der Waals surface area contributed by atoms with E-state index < -0.39 is 0 Å². The van der Waals surface area contributed by atoms with Crippen LogP contribution < -0.4 is 4.74 Å². The van der Waals surface area contributed by atoms with Crippen LogP contribution in [0.25, 0.3) is 0 Å². The van der Waals surface area contributed by atoms with Crippen molar-refractivity contribution in [1.29, 1.82) is 0 Å². The highest BCUT2D eigenvalue weighted by molar-refractivity contribution is 6.17. The molecule has 1 aromatic carbocycles. The van der Waals surface area contributed by atoms with Crippen LogP contribution in [0.15, 0.2) is 22.6 Å². The monoisotopic (exact) mass is 266 g/mol. The molecular weight excluding hydrogens is 252 g/mol. The van der Waals surface area contributed by atoms with Gasteiger partial charge < -0.3 is 9.15 Å². The molecule has 18 heavy (non-hydrogen) atoms. The molecule has 5 heteroatoms. The molecule has 1 aromatic heterocycles. The molecule has 1 heterocycles. The normalized spacial score (nSPS) is 10.6. The zero-order valence-electron chi connectivity index (χ0n) is 10.4. The first-order chi connectivity index (χ1) is 8.69. The lowest BCUT2D eigenvalue weighted by molar-refractivity contribution is 0.259. The minimum absolute atomic E-state index is 0.276. The number of nitrogens with zero attached hydrogens (tertiary/aromatic N) is 2. The van der Waals surface area contributed by atoms with E-state index in [1.165, 1.54) is 11.1 Å². The minimum atomic E-state index is 0.276. The molecule has 0 saturated carbocycles. The topological polar surface area (TPSA) is 48.2 Å². The summed E-state index contributed by atoms with van der Waals surface area (Å²) in [7, 11) is 0. The summed E-state index contributed by atoms with van der Waals surface area (Å²) >= 11 is 5.59. The summed E-state index contributed by atoms with van der Waals surface area (Å²) in [6.45, 7) is 4.39. The Hall–Kier alpha value is -1.55. The highest BCUT2D eigenvalue weighted by atomic mass is 35.5. The molecule has 0 fully saturated rings. The Kier molecular flexibility index (Phi) is 4.20. The highest BCUT2D eigenvalue weighted by Crippen LogP contribution is 2.17. The first-order valence-electron chi connectivity index (χ1n) is 5.76. The van der Waals surface area contributed by atoms with E-state index in [9.17, 15) is 0 Å². The van der Waals surface area contributed by atoms with E-state index in [0.717, 1.165) is 5.75 Å². The molecule has 0 saturated heterocycles. The van der Waals surface area contributed by atoms with Gasteiger partial charge in [0, 0.05) is 12.3 Å². The predicted molar refractivity (Wildman–Crippen MR) is 69.0 cm³/mol. The van der Waals surface area contributed by atoms with Gasteiger partial charge in [-0.3, -0.25) is 0 Å². The van der Waals surface area contributed by atoms with Gasteiger partial charge in [-0.15, -0.1) is 21.8 Å². The fourth-order valence-corrected chi connectivity index (χ4v) is 1.64. The van der Waals surface area contributed by atoms with Gasteiger partial charge in [-0.2, -0.15) is 0 Å². The van der Waals surface area contributed by atoms with Gasteiger partial charge in [0.1, 0.15) is 5.75 Å². The summed E-state index contributed by atoms with van der Waals surface area (Å²) in [5.41, 5.74) is 2.44. The Bertz CT molecular complexity index is 525. The van der Waals surface area contributed by atoms with E-state index in [-0.39, 0.29) is 6.61 Å². The van der Waals surface area contributed by atoms with Gasteiger partial charge in [0.05, 0.1) is 0 Å². The van der Waals surface area contributed by atoms with E-state index >= 15 is 0 Å². The standard InChI is InChI=1S/C13H15ClN2O2/c1-9-3-4-11(7-10(9)2)17-8-13-16-15-12(18-13)5-6-14/h3-4,7H,5-6,8H2,1-2H3. The van der Waals surface area contributed by atoms with Crippen molar-refractivity contribution in [3.63, 3.8) is 0 Å². The lowest BCUT2D eigenvalue weighted by Gasteiger charge is -2.05. The lowest BCUT2D eigenvalue weighted by Crippen LogP contribution is -1.96. The molecule has 0 radical (unpaired) electrons. The summed E-state index contributed by atoms with van der Waals surface area (Å²) in [5, 5.41) is 7.76. The Morgan fingerprint density at radius 1 is 1.17 bits per heavy atom. The number of hydrogen-bond donors (Lipinski definition) is 0. The van der Waals surface area contributed by atoms with Crippen molar-refractivity contribution in [1.82, 2.24) is 10.2 Å². The van der Waals surface area contributed by atoms with Crippen molar-refractivity contribution < 1.29 is 9.15 Å². The van der Waals surface area contributed by atoms with Crippen LogP contribution in [0.5, 0.6) is 5.75 Å². The van der Waals surface area contributed by atoms with Gasteiger partial charge in [0.15, 0.2) is 6.61 Å². The van der Waals surface area contributed by atoms with Gasteiger partial charge in [-0.1, -0.05) is 6.07 Å². The van der Waals surface area contributed by atoms with E-state index in [2.05, 4.69) is 17.1 Å². The van der Waals surface area contributed by atoms with Crippen molar-refractivity contribution >= 4 is 11.6 Å². The summed E-state index contributed by atoms with van der Waals surface area (Å²) in [6.07, 6.45) is 0.582. The van der Waals surface area contributed by atoms with Crippen LogP contribution in [0, 0.1) is 13.8 Å². The second kappa shape index (κ2) is 5.87. The average Bonchev–Trinajstić information content (AvgIpc) is 2.79. The number of hydrogen-bond acceptors (Lipinski definition) is 4. The molecule has 0 aliphatic heterocycles. The van der Waals surface area contributed by atoms with E-state index in [0.29, 0.717) is 24.1 Å². The summed E-state index contributed by atoms with van der Waals surface area (Å²) in [6, 6.07) is 5.95. The quantitative estimate of drug-likeness (QED) is 0.781. The van der Waals surface area contributed by atoms with Crippen LogP contribution in [0.2, 0.25) is 0 Å². The highest BCUT2D eigenvalue weighted by Gasteiger charge is 2.06. The Labute approximate surface area is 111 Å². The molecular formula is C13H15ClN2O2. The second-order valence-corrected chi connectivity index (χ2v) is 4.44. The molecule has 2 rings (SSSR count). The van der Waals surface area contributed by atoms with Gasteiger partial charge in [0.2, 0.25) is 5.89 Å². The van der Waals surface area contributed by atoms with Crippen molar-refractivity contribution in [2.45, 2.75) is 26.9 Å². The van der Waals surface area contributed by atoms with Gasteiger partial charge in [-0.05, 0) is 37.1 Å². The third kappa shape index (κ3) is 3.23. The number of ether oxygens (including phenoxy) is 1. The molecule has 0 spiro atoms. The first-order valence-corrected chi connectivity index (χ1v) is 6.30. The molecule has 2 aromatic rings. The number of rotatable bonds is 5. The fraction of sp³-hybridized carbons (Fsp3) is 0.385. The molecule has 96 valence electrons. The Morgan fingerprint density at radius 2 is 1.94 bits per heavy atom. The van der Waals surface area contributed by atoms with Gasteiger partial charge >= 0.3 is 0 Å². The third-order valence-electron chi connectivity index (χ3n) is 2.66. The van der Waals surface area contributed by atoms with Crippen LogP contribution in [-0.4, -0.2) is 16.1 Å². The second-order valence-electron chi connectivity index (χ2n) is 4.06. The molecule has 4 nitrogen and oxygen atoms in total. The van der Waals surface area contributed by atoms with Crippen molar-refractivity contribution in [3.8, 4) is 5.75 Å². The van der Waals surface area contributed by atoms with Crippen LogP contribution in [0.1, 0.15) is 22.9 Å². The molecule has 0 atom stereocenters. The SMILES string of the molecule is Cc1ccc(OCc2nnc(CCCl)o2)cc1C. The maximum atomic E-state index is 5.59. The van der Waals surface area contributed by atoms with E-state index in [1.54, 1.807) is 0 Å². The molecule has 0 aliphatic rings. The zero-order chi connectivity index (χ0) is 13.0. The maximum absolute atomic E-state index is 5.59. The molecule has 0 unspecified atom stereocenters. The predicted octanol–water partition coefficient (Wildman–Crippen LogP) is 3.05. The third-order valence-corrected chi connectivity index (χ3v) is 2.85. The van der Waals surface area contributed by atoms with Crippen LogP contribution >= 0.6 is 11.6 Å². The summed E-state index contributed by atoms with van der Waals surface area (Å²) in [4.78, 5) is 0. The largest absolute Gasteiger partial charge is 0.484 e. The average molecular weight is 267 g/mol. The Balaban J connectivity index is 1.95. The molecule has 0 aliphatic carbocycles. The summed E-state index contributed by atoms with van der Waals surface area (Å²) < 4.78 is 11.0. The number of aryl methyl sites for hydroxylation is 3. The number of alkyl halides is 1. The first kappa shape index (κ1) is 12.9. The van der Waals surface area contributed by atoms with Crippen LogP contribution in [-0.2, 0) is 13.0 Å². The van der Waals surface area contributed by atoms with Crippen molar-refractivity contribution in [2.75, 3.05) is 5.88 Å². The van der Waals surface area contributed by atoms with Gasteiger partial charge in [0.25, 0.3) is 5.89 Å². The number of halogens is 1. The fourth-order valence-electron chi connectivity index (χ4n) is 1.48. The Morgan fingerprint density at radius 3 is 2.67 bits per heavy atom. The van der Waals surface area contributed by atoms with Crippen molar-refractivity contribution in [3.05, 3.63) is 41.1 Å². The van der Waals surface area contributed by atoms with E-state index in [4.69, 9.17) is 20.8 Å². The summed E-state index contributed by atoms with van der Waals surface area (Å²) in [5.74, 6) is 2.28. The van der Waals surface area contributed by atoms with Gasteiger partial charge in [-0.25, -0.2) is 0 Å². The van der Waals surface area contributed by atoms with E-state index in [1.807, 2.05) is 25.1 Å². The molecule has 0 bridgehead atoms. The van der Waals surface area contributed by atoms with Crippen molar-refractivity contribution in [2.24, 2.45) is 0 Å². The number of aromatic nitrogens is 2. The molecule has 0 amide bonds. The van der Waals surface area contributed by atoms with Crippen LogP contribution in [0.3, 0.4) is 0 Å². The smallest absolute Gasteiger partial charge is 0.253 e. The minimum Gasteiger partial charge on any atom is -0.484 e. The number of benzene rings is 1. The maximum Gasteiger partial charge on any atom is 0.253 e. The van der Waals surface area contributed by atoms with Crippen LogP contribution in [0.4, 0.5) is 0 Å². The zero-order valence-corrected chi connectivity index (χ0v) is 11.2. The lowest BCUT2D eigenvalue weighted by atomic mass is 10.1.